The van der Waals surface area contributed by atoms with Crippen LogP contribution in [0, 0.1) is 0 Å². The Balaban J connectivity index is 0.00000420. The second kappa shape index (κ2) is 13.5. The third kappa shape index (κ3) is 9.43. The minimum absolute atomic E-state index is 0. The van der Waals surface area contributed by atoms with Gasteiger partial charge in [0.15, 0.2) is 5.96 Å². The van der Waals surface area contributed by atoms with Crippen molar-refractivity contribution in [3.63, 3.8) is 0 Å². The third-order valence-electron chi connectivity index (χ3n) is 5.05. The van der Waals surface area contributed by atoms with Crippen molar-refractivity contribution in [2.45, 2.75) is 57.4 Å². The number of aryl methyl sites for hydroxylation is 1. The largest absolute Gasteiger partial charge is 0.412 e. The van der Waals surface area contributed by atoms with Crippen molar-refractivity contribution >= 4 is 17.8 Å². The van der Waals surface area contributed by atoms with E-state index >= 15 is 0 Å². The molecule has 0 bridgehead atoms. The van der Waals surface area contributed by atoms with Crippen LogP contribution < -0.4 is 16.8 Å². The van der Waals surface area contributed by atoms with Gasteiger partial charge in [0.2, 0.25) is 11.8 Å². The molecule has 29 heavy (non-hydrogen) atoms. The fraction of sp³-hybridized carbons (Fsp3) is 0.571. The van der Waals surface area contributed by atoms with Crippen LogP contribution in [0.1, 0.15) is 50.5 Å². The topological polar surface area (TPSA) is 145 Å². The molecule has 7 N–H and O–H groups in total. The highest BCUT2D eigenvalue weighted by Crippen LogP contribution is 2.19. The van der Waals surface area contributed by atoms with Crippen LogP contribution in [0.2, 0.25) is 0 Å². The van der Waals surface area contributed by atoms with Crippen LogP contribution in [0.25, 0.3) is 0 Å². The Bertz CT molecular complexity index is 647. The molecule has 0 spiro atoms. The molecule has 2 rings (SSSR count). The molecular weight excluding hydrogens is 370 g/mol. The van der Waals surface area contributed by atoms with Crippen LogP contribution in [0.3, 0.4) is 0 Å². The molecule has 1 fully saturated rings. The number of nitrogens with two attached hydrogens (primary N) is 2. The second-order valence-corrected chi connectivity index (χ2v) is 7.29. The molecule has 8 heteroatoms. The molecule has 162 valence electrons. The molecule has 1 atom stereocenters. The predicted octanol–water partition coefficient (Wildman–Crippen LogP) is 0.735. The maximum absolute atomic E-state index is 12.2. The second-order valence-electron chi connectivity index (χ2n) is 7.29. The Morgan fingerprint density at radius 3 is 2.62 bits per heavy atom. The standard InChI is InChI=1S/C21H33N5O2.H2O/c22-21(23)24-14-6-2-5-11-19(27)25-16-18-12-13-20(28)26(18)15-7-10-17-8-3-1-4-9-17;/h1,3-4,8-9,18H,2,5-7,10-16H2,(H,25,27)(H4,22,23,24);1H2. The number of guanidine groups is 1. The SMILES string of the molecule is NC(N)=NCCCCCC(=O)NCC1CCC(=O)N1CCCc1ccccc1.O. The summed E-state index contributed by atoms with van der Waals surface area (Å²) in [7, 11) is 0. The molecule has 1 aromatic rings. The van der Waals surface area contributed by atoms with Gasteiger partial charge in [0.25, 0.3) is 0 Å². The van der Waals surface area contributed by atoms with Gasteiger partial charge in [-0.15, -0.1) is 0 Å². The highest BCUT2D eigenvalue weighted by Gasteiger charge is 2.30. The van der Waals surface area contributed by atoms with E-state index in [1.54, 1.807) is 0 Å². The minimum atomic E-state index is 0. The van der Waals surface area contributed by atoms with E-state index in [-0.39, 0.29) is 29.3 Å². The van der Waals surface area contributed by atoms with Gasteiger partial charge in [0.1, 0.15) is 0 Å². The number of nitrogens with zero attached hydrogens (tertiary/aromatic N) is 2. The van der Waals surface area contributed by atoms with Gasteiger partial charge in [-0.1, -0.05) is 36.8 Å². The maximum atomic E-state index is 12.2. The average Bonchev–Trinajstić information content (AvgIpc) is 3.03. The van der Waals surface area contributed by atoms with E-state index in [4.69, 9.17) is 11.5 Å². The Hall–Kier alpha value is -2.61. The molecule has 1 saturated heterocycles. The summed E-state index contributed by atoms with van der Waals surface area (Å²) in [5, 5.41) is 2.99. The molecule has 1 heterocycles. The first kappa shape index (κ1) is 24.4. The number of nitrogens with one attached hydrogen (secondary N) is 1. The van der Waals surface area contributed by atoms with Crippen molar-refractivity contribution in [3.8, 4) is 0 Å². The molecular formula is C21H35N5O3. The fourth-order valence-corrected chi connectivity index (χ4v) is 3.51. The fourth-order valence-electron chi connectivity index (χ4n) is 3.51. The first-order chi connectivity index (χ1) is 13.6. The van der Waals surface area contributed by atoms with Crippen molar-refractivity contribution in [1.29, 1.82) is 0 Å². The van der Waals surface area contributed by atoms with Gasteiger partial charge in [-0.25, -0.2) is 0 Å². The maximum Gasteiger partial charge on any atom is 0.222 e. The zero-order chi connectivity index (χ0) is 20.2. The summed E-state index contributed by atoms with van der Waals surface area (Å²) < 4.78 is 0. The molecule has 0 radical (unpaired) electrons. The Kier molecular flexibility index (Phi) is 11.4. The Morgan fingerprint density at radius 1 is 1.14 bits per heavy atom. The molecule has 1 unspecified atom stereocenters. The van der Waals surface area contributed by atoms with E-state index < -0.39 is 0 Å². The van der Waals surface area contributed by atoms with Crippen LogP contribution in [-0.4, -0.2) is 53.8 Å². The van der Waals surface area contributed by atoms with Gasteiger partial charge in [-0.3, -0.25) is 14.6 Å². The van der Waals surface area contributed by atoms with Gasteiger partial charge >= 0.3 is 0 Å². The summed E-state index contributed by atoms with van der Waals surface area (Å²) in [6, 6.07) is 10.4. The number of rotatable bonds is 12. The number of hydrogen-bond acceptors (Lipinski definition) is 3. The summed E-state index contributed by atoms with van der Waals surface area (Å²) in [6.07, 6.45) is 6.40. The van der Waals surface area contributed by atoms with E-state index in [1.807, 2.05) is 23.1 Å². The van der Waals surface area contributed by atoms with Crippen molar-refractivity contribution in [2.24, 2.45) is 16.5 Å². The van der Waals surface area contributed by atoms with E-state index in [0.717, 1.165) is 45.1 Å². The van der Waals surface area contributed by atoms with Crippen molar-refractivity contribution in [2.75, 3.05) is 19.6 Å². The van der Waals surface area contributed by atoms with E-state index in [0.29, 0.717) is 25.9 Å². The van der Waals surface area contributed by atoms with Crippen LogP contribution in [0.4, 0.5) is 0 Å². The average molecular weight is 406 g/mol. The van der Waals surface area contributed by atoms with Gasteiger partial charge in [0, 0.05) is 38.5 Å². The number of unbranched alkanes of at least 4 members (excludes halogenated alkanes) is 2. The van der Waals surface area contributed by atoms with Crippen LogP contribution in [-0.2, 0) is 16.0 Å². The van der Waals surface area contributed by atoms with Crippen molar-refractivity contribution in [1.82, 2.24) is 10.2 Å². The number of aliphatic imine (C=N–C) groups is 1. The van der Waals surface area contributed by atoms with E-state index in [9.17, 15) is 9.59 Å². The number of hydrogen-bond donors (Lipinski definition) is 3. The van der Waals surface area contributed by atoms with E-state index in [1.165, 1.54) is 5.56 Å². The quantitative estimate of drug-likeness (QED) is 0.267. The van der Waals surface area contributed by atoms with Crippen molar-refractivity contribution < 1.29 is 15.1 Å². The van der Waals surface area contributed by atoms with Crippen LogP contribution in [0.15, 0.2) is 35.3 Å². The van der Waals surface area contributed by atoms with Crippen molar-refractivity contribution in [3.05, 3.63) is 35.9 Å². The summed E-state index contributed by atoms with van der Waals surface area (Å²) in [6.45, 7) is 1.90. The smallest absolute Gasteiger partial charge is 0.222 e. The normalized spacial score (nSPS) is 15.7. The lowest BCUT2D eigenvalue weighted by Gasteiger charge is -2.25. The monoisotopic (exact) mass is 405 g/mol. The van der Waals surface area contributed by atoms with Crippen LogP contribution >= 0.6 is 0 Å². The molecule has 1 aliphatic rings. The molecule has 0 saturated carbocycles. The zero-order valence-electron chi connectivity index (χ0n) is 17.1. The molecule has 8 nitrogen and oxygen atoms in total. The van der Waals surface area contributed by atoms with Gasteiger partial charge in [-0.05, 0) is 37.7 Å². The summed E-state index contributed by atoms with van der Waals surface area (Å²) in [5.41, 5.74) is 11.8. The molecule has 0 aliphatic carbocycles. The first-order valence-electron chi connectivity index (χ1n) is 10.2. The highest BCUT2D eigenvalue weighted by atomic mass is 16.2. The summed E-state index contributed by atoms with van der Waals surface area (Å²) in [4.78, 5) is 30.1. The van der Waals surface area contributed by atoms with E-state index in [2.05, 4.69) is 22.4 Å². The Morgan fingerprint density at radius 2 is 1.90 bits per heavy atom. The molecule has 1 aromatic carbocycles. The molecule has 1 aliphatic heterocycles. The molecule has 0 aromatic heterocycles. The summed E-state index contributed by atoms with van der Waals surface area (Å²) in [5.74, 6) is 0.356. The lowest BCUT2D eigenvalue weighted by Crippen LogP contribution is -2.42. The number of amides is 2. The highest BCUT2D eigenvalue weighted by molar-refractivity contribution is 5.79. The van der Waals surface area contributed by atoms with Crippen LogP contribution in [0.5, 0.6) is 0 Å². The van der Waals surface area contributed by atoms with Gasteiger partial charge in [0.05, 0.1) is 0 Å². The number of carbonyl (C=O) groups excluding carboxylic acids is 2. The van der Waals surface area contributed by atoms with Gasteiger partial charge in [-0.2, -0.15) is 0 Å². The lowest BCUT2D eigenvalue weighted by molar-refractivity contribution is -0.129. The Labute approximate surface area is 173 Å². The summed E-state index contributed by atoms with van der Waals surface area (Å²) >= 11 is 0. The lowest BCUT2D eigenvalue weighted by atomic mass is 10.1. The number of carbonyl (C=O) groups is 2. The number of likely N-dealkylation sites (tertiary alicyclic amines) is 1. The van der Waals surface area contributed by atoms with Gasteiger partial charge < -0.3 is 27.2 Å². The predicted molar refractivity (Wildman–Crippen MR) is 115 cm³/mol. The number of benzene rings is 1. The first-order valence-corrected chi connectivity index (χ1v) is 10.2. The zero-order valence-corrected chi connectivity index (χ0v) is 17.1. The molecule has 2 amide bonds. The third-order valence-corrected chi connectivity index (χ3v) is 5.05. The minimum Gasteiger partial charge on any atom is -0.412 e.